The normalized spacial score (nSPS) is 15.5. The van der Waals surface area contributed by atoms with Crippen molar-refractivity contribution in [1.82, 2.24) is 0 Å². The zero-order valence-corrected chi connectivity index (χ0v) is 38.6. The van der Waals surface area contributed by atoms with Crippen molar-refractivity contribution >= 4 is 27.6 Å². The Balaban J connectivity index is 4.70. The van der Waals surface area contributed by atoms with Crippen molar-refractivity contribution in [2.45, 2.75) is 141 Å². The van der Waals surface area contributed by atoms with Crippen LogP contribution in [0.1, 0.15) is 123 Å². The molecule has 0 saturated heterocycles. The minimum absolute atomic E-state index is 0.0266. The van der Waals surface area contributed by atoms with E-state index in [0.717, 1.165) is 70.6 Å². The second-order valence-corrected chi connectivity index (χ2v) is 16.7. The van der Waals surface area contributed by atoms with Gasteiger partial charge in [-0.2, -0.15) is 0 Å². The molecule has 0 heterocycles. The first-order valence-electron chi connectivity index (χ1n) is 21.7. The van der Waals surface area contributed by atoms with Gasteiger partial charge in [-0.15, -0.1) is 0 Å². The van der Waals surface area contributed by atoms with Crippen molar-refractivity contribution in [1.29, 1.82) is 0 Å². The van der Waals surface area contributed by atoms with Crippen LogP contribution in [0, 0.1) is 0 Å². The lowest BCUT2D eigenvalue weighted by atomic mass is 10.1. The summed E-state index contributed by atoms with van der Waals surface area (Å²) in [6.07, 6.45) is 46.1. The van der Waals surface area contributed by atoms with E-state index in [1.165, 1.54) is 0 Å². The van der Waals surface area contributed by atoms with Crippen molar-refractivity contribution in [2.75, 3.05) is 26.4 Å². The van der Waals surface area contributed by atoms with E-state index in [1.807, 2.05) is 43.4 Å². The van der Waals surface area contributed by atoms with Crippen LogP contribution in [-0.2, 0) is 41.8 Å². The number of phosphoric acid groups is 2. The van der Waals surface area contributed by atoms with E-state index in [1.54, 1.807) is 6.08 Å². The molecule has 0 spiro atoms. The largest absolute Gasteiger partial charge is 0.472 e. The Labute approximate surface area is 370 Å². The van der Waals surface area contributed by atoms with E-state index in [4.69, 9.17) is 23.8 Å². The van der Waals surface area contributed by atoms with Crippen LogP contribution >= 0.6 is 15.6 Å². The highest BCUT2D eigenvalue weighted by Crippen LogP contribution is 2.43. The Bertz CT molecular complexity index is 1520. The fraction of sp³-hybridized carbons (Fsp3) is 0.565. The minimum atomic E-state index is -4.88. The molecular weight excluding hydrogens is 838 g/mol. The molecule has 0 fully saturated rings. The molecule has 1 unspecified atom stereocenters. The molecule has 0 saturated carbocycles. The average molecular weight is 913 g/mol. The van der Waals surface area contributed by atoms with Crippen LogP contribution in [0.4, 0.5) is 0 Å². The lowest BCUT2D eigenvalue weighted by Gasteiger charge is -2.20. The van der Waals surface area contributed by atoms with Crippen LogP contribution in [0.25, 0.3) is 0 Å². The van der Waals surface area contributed by atoms with Crippen LogP contribution in [0.15, 0.2) is 109 Å². The van der Waals surface area contributed by atoms with Crippen molar-refractivity contribution < 1.29 is 66.7 Å². The molecule has 4 atom stereocenters. The molecule has 352 valence electrons. The molecule has 0 aromatic carbocycles. The number of rotatable bonds is 39. The highest BCUT2D eigenvalue weighted by Gasteiger charge is 2.28. The summed E-state index contributed by atoms with van der Waals surface area (Å²) < 4.78 is 47.7. The summed E-state index contributed by atoms with van der Waals surface area (Å²) in [6.45, 7) is 1.19. The van der Waals surface area contributed by atoms with Crippen LogP contribution in [-0.4, -0.2) is 81.6 Å². The predicted molar refractivity (Wildman–Crippen MR) is 245 cm³/mol. The summed E-state index contributed by atoms with van der Waals surface area (Å²) in [5.74, 6) is -1.16. The Hall–Kier alpha value is -3.26. The molecule has 0 bridgehead atoms. The maximum absolute atomic E-state index is 12.6. The number of allylic oxidation sites excluding steroid dienone is 17. The monoisotopic (exact) mass is 912 g/mol. The van der Waals surface area contributed by atoms with Gasteiger partial charge in [0.05, 0.1) is 25.9 Å². The molecule has 5 N–H and O–H groups in total. The number of carbonyl (C=O) groups excluding carboxylic acids is 2. The Morgan fingerprint density at radius 2 is 1.02 bits per heavy atom. The summed E-state index contributed by atoms with van der Waals surface area (Å²) in [4.78, 5) is 52.7. The van der Waals surface area contributed by atoms with Crippen LogP contribution in [0.3, 0.4) is 0 Å². The smallest absolute Gasteiger partial charge is 0.462 e. The van der Waals surface area contributed by atoms with E-state index in [0.29, 0.717) is 25.7 Å². The van der Waals surface area contributed by atoms with Gasteiger partial charge in [0.15, 0.2) is 6.10 Å². The first kappa shape index (κ1) is 58.7. The number of hydrogen-bond donors (Lipinski definition) is 5. The zero-order valence-electron chi connectivity index (χ0n) is 36.8. The van der Waals surface area contributed by atoms with E-state index < -0.39 is 72.3 Å². The molecule has 0 aromatic rings. The van der Waals surface area contributed by atoms with Crippen molar-refractivity contribution in [3.8, 4) is 0 Å². The Morgan fingerprint density at radius 3 is 1.58 bits per heavy atom. The van der Waals surface area contributed by atoms with Crippen LogP contribution in [0.5, 0.6) is 0 Å². The maximum Gasteiger partial charge on any atom is 0.472 e. The SMILES string of the molecule is CC/C=C\C/C=C\C/C=C\C/C=C\CCCCCCC(=O)OC[C@H](COP(=O)(O)OC[C@@H](O)COP(=O)(O)O)OC(=O)CCC/C=C\C/C=C\C/C=C\C/C=C\C=C\[C@H](O)CC. The molecule has 0 amide bonds. The van der Waals surface area contributed by atoms with Gasteiger partial charge in [0.1, 0.15) is 12.7 Å². The number of hydrogen-bond acceptors (Lipinski definition) is 11. The van der Waals surface area contributed by atoms with Gasteiger partial charge in [0, 0.05) is 12.8 Å². The third-order valence-corrected chi connectivity index (χ3v) is 9.74. The highest BCUT2D eigenvalue weighted by molar-refractivity contribution is 7.47. The molecule has 16 heteroatoms. The second kappa shape index (κ2) is 40.5. The topological polar surface area (TPSA) is 216 Å². The fourth-order valence-corrected chi connectivity index (χ4v) is 6.07. The minimum Gasteiger partial charge on any atom is -0.462 e. The van der Waals surface area contributed by atoms with Crippen molar-refractivity contribution in [3.63, 3.8) is 0 Å². The number of carbonyl (C=O) groups is 2. The first-order valence-corrected chi connectivity index (χ1v) is 24.7. The van der Waals surface area contributed by atoms with Gasteiger partial charge in [0.2, 0.25) is 0 Å². The predicted octanol–water partition coefficient (Wildman–Crippen LogP) is 10.1. The van der Waals surface area contributed by atoms with Gasteiger partial charge in [-0.25, -0.2) is 9.13 Å². The first-order chi connectivity index (χ1) is 29.8. The lowest BCUT2D eigenvalue weighted by molar-refractivity contribution is -0.161. The van der Waals surface area contributed by atoms with E-state index >= 15 is 0 Å². The summed E-state index contributed by atoms with van der Waals surface area (Å²) in [5, 5.41) is 19.2. The van der Waals surface area contributed by atoms with Gasteiger partial charge in [-0.1, -0.05) is 136 Å². The standard InChI is InChI=1S/C46H74O14P2/c1-3-5-6-7-8-9-10-11-12-13-14-18-21-24-27-30-33-36-45(49)56-40-44(41-59-62(54,55)58-39-43(48)38-57-61(51,52)53)60-46(50)37-34-31-28-25-22-19-16-15-17-20-23-26-29-32-35-42(47)4-2/h5-6,8-9,11-12,14,16-20,25-26,28-29,32,35,42-44,47-48H,3-4,7,10,13,15,21-24,27,30-31,33-34,36-41H2,1-2H3,(H,54,55)(H2,51,52,53)/b6-5-,9-8-,12-11-,18-14-,19-16-,20-17-,28-25-,29-26-,35-32+/t42-,43+,44-/m1/s1. The third-order valence-electron chi connectivity index (χ3n) is 8.30. The van der Waals surface area contributed by atoms with Gasteiger partial charge in [-0.05, 0) is 83.5 Å². The molecule has 0 aliphatic heterocycles. The summed E-state index contributed by atoms with van der Waals surface area (Å²) in [5.41, 5.74) is 0. The van der Waals surface area contributed by atoms with Crippen molar-refractivity contribution in [2.24, 2.45) is 0 Å². The molecule has 14 nitrogen and oxygen atoms in total. The van der Waals surface area contributed by atoms with Crippen LogP contribution in [0.2, 0.25) is 0 Å². The van der Waals surface area contributed by atoms with Crippen LogP contribution < -0.4 is 0 Å². The molecule has 0 aliphatic carbocycles. The molecule has 0 aliphatic rings. The molecule has 0 aromatic heterocycles. The van der Waals surface area contributed by atoms with Crippen molar-refractivity contribution in [3.05, 3.63) is 109 Å². The number of phosphoric ester groups is 2. The van der Waals surface area contributed by atoms with E-state index in [9.17, 15) is 33.8 Å². The quantitative estimate of drug-likeness (QED) is 0.0128. The number of unbranched alkanes of at least 4 members (excludes halogenated alkanes) is 5. The van der Waals surface area contributed by atoms with Gasteiger partial charge >= 0.3 is 27.6 Å². The van der Waals surface area contributed by atoms with E-state index in [2.05, 4.69) is 82.8 Å². The molecule has 0 rings (SSSR count). The molecular formula is C46H74O14P2. The third kappa shape index (κ3) is 43.4. The van der Waals surface area contributed by atoms with Gasteiger partial charge in [0.25, 0.3) is 0 Å². The maximum atomic E-state index is 12.6. The summed E-state index contributed by atoms with van der Waals surface area (Å²) in [6, 6.07) is 0. The number of esters is 2. The average Bonchev–Trinajstić information content (AvgIpc) is 3.23. The second-order valence-electron chi connectivity index (χ2n) is 14.1. The van der Waals surface area contributed by atoms with Gasteiger partial charge in [-0.3, -0.25) is 23.2 Å². The van der Waals surface area contributed by atoms with Gasteiger partial charge < -0.3 is 34.4 Å². The Kier molecular flexibility index (Phi) is 38.4. The molecule has 62 heavy (non-hydrogen) atoms. The molecule has 0 radical (unpaired) electrons. The Morgan fingerprint density at radius 1 is 0.532 bits per heavy atom. The number of aliphatic hydroxyl groups is 2. The zero-order chi connectivity index (χ0) is 46.0. The number of ether oxygens (including phenoxy) is 2. The number of aliphatic hydroxyl groups excluding tert-OH is 2. The lowest BCUT2D eigenvalue weighted by Crippen LogP contribution is -2.29. The summed E-state index contributed by atoms with van der Waals surface area (Å²) in [7, 11) is -9.73. The fourth-order valence-electron chi connectivity index (χ4n) is 4.91. The highest BCUT2D eigenvalue weighted by atomic mass is 31.2. The van der Waals surface area contributed by atoms with E-state index in [-0.39, 0.29) is 12.8 Å². The summed E-state index contributed by atoms with van der Waals surface area (Å²) >= 11 is 0.